The third-order valence-electron chi connectivity index (χ3n) is 4.84. The molecular weight excluding hydrogens is 391 g/mol. The predicted molar refractivity (Wildman–Crippen MR) is 111 cm³/mol. The van der Waals surface area contributed by atoms with Gasteiger partial charge in [0, 0.05) is 22.9 Å². The minimum absolute atomic E-state index is 0.0317. The Bertz CT molecular complexity index is 1090. The fourth-order valence-corrected chi connectivity index (χ4v) is 2.86. The SMILES string of the molecule is COc1cc2c(Nc3c(F)ccc(O)c3C)ncnc2cc1OCCC(C)C(N)=O. The van der Waals surface area contributed by atoms with Gasteiger partial charge in [-0.25, -0.2) is 14.4 Å². The molecule has 1 unspecified atom stereocenters. The highest BCUT2D eigenvalue weighted by atomic mass is 19.1. The van der Waals surface area contributed by atoms with Crippen molar-refractivity contribution in [3.8, 4) is 17.2 Å². The summed E-state index contributed by atoms with van der Waals surface area (Å²) in [6, 6.07) is 5.83. The van der Waals surface area contributed by atoms with Crippen LogP contribution in [0.15, 0.2) is 30.6 Å². The number of ether oxygens (including phenoxy) is 2. The minimum atomic E-state index is -0.521. The van der Waals surface area contributed by atoms with E-state index >= 15 is 0 Å². The lowest BCUT2D eigenvalue weighted by molar-refractivity contribution is -0.121. The molecule has 0 aliphatic heterocycles. The zero-order valence-corrected chi connectivity index (χ0v) is 16.9. The standard InChI is InChI=1S/C21H23FN4O4/c1-11(20(23)28)6-7-30-18-9-15-13(8-17(18)29-3)21(25-10-24-15)26-19-12(2)16(27)5-4-14(19)22/h4-5,8-11,27H,6-7H2,1-3H3,(H2,23,28)(H,24,25,26). The van der Waals surface area contributed by atoms with E-state index in [2.05, 4.69) is 15.3 Å². The van der Waals surface area contributed by atoms with E-state index in [1.807, 2.05) is 0 Å². The smallest absolute Gasteiger partial charge is 0.220 e. The highest BCUT2D eigenvalue weighted by Gasteiger charge is 2.16. The van der Waals surface area contributed by atoms with E-state index in [0.717, 1.165) is 0 Å². The third kappa shape index (κ3) is 4.35. The molecule has 30 heavy (non-hydrogen) atoms. The van der Waals surface area contributed by atoms with Crippen molar-refractivity contribution in [3.05, 3.63) is 42.0 Å². The number of benzene rings is 2. The normalized spacial score (nSPS) is 11.9. The van der Waals surface area contributed by atoms with Crippen molar-refractivity contribution >= 4 is 28.3 Å². The number of nitrogens with zero attached hydrogens (tertiary/aromatic N) is 2. The number of amides is 1. The van der Waals surface area contributed by atoms with Gasteiger partial charge in [0.2, 0.25) is 5.91 Å². The summed E-state index contributed by atoms with van der Waals surface area (Å²) in [6.07, 6.45) is 1.80. The molecule has 0 aliphatic carbocycles. The molecule has 0 bridgehead atoms. The first-order chi connectivity index (χ1) is 14.3. The van der Waals surface area contributed by atoms with Gasteiger partial charge >= 0.3 is 0 Å². The lowest BCUT2D eigenvalue weighted by Crippen LogP contribution is -2.22. The number of anilines is 2. The van der Waals surface area contributed by atoms with E-state index in [-0.39, 0.29) is 29.9 Å². The number of phenolic OH excluding ortho intramolecular Hbond substituents is 1. The zero-order chi connectivity index (χ0) is 21.8. The molecule has 0 aliphatic rings. The number of fused-ring (bicyclic) bond motifs is 1. The number of aromatic hydroxyl groups is 1. The third-order valence-corrected chi connectivity index (χ3v) is 4.84. The van der Waals surface area contributed by atoms with Crippen molar-refractivity contribution in [1.29, 1.82) is 0 Å². The van der Waals surface area contributed by atoms with E-state index < -0.39 is 5.82 Å². The number of carbonyl (C=O) groups excluding carboxylic acids is 1. The van der Waals surface area contributed by atoms with Gasteiger partial charge < -0.3 is 25.6 Å². The van der Waals surface area contributed by atoms with E-state index in [4.69, 9.17) is 15.2 Å². The van der Waals surface area contributed by atoms with Crippen LogP contribution in [-0.4, -0.2) is 34.7 Å². The number of methoxy groups -OCH3 is 1. The molecule has 3 rings (SSSR count). The molecule has 9 heteroatoms. The van der Waals surface area contributed by atoms with E-state index in [0.29, 0.717) is 40.2 Å². The largest absolute Gasteiger partial charge is 0.508 e. The van der Waals surface area contributed by atoms with Gasteiger partial charge in [-0.2, -0.15) is 0 Å². The average molecular weight is 414 g/mol. The van der Waals surface area contributed by atoms with Crippen LogP contribution in [0.4, 0.5) is 15.9 Å². The van der Waals surface area contributed by atoms with Crippen LogP contribution in [0.3, 0.4) is 0 Å². The number of rotatable bonds is 8. The number of hydrogen-bond donors (Lipinski definition) is 3. The van der Waals surface area contributed by atoms with Crippen LogP contribution in [0.1, 0.15) is 18.9 Å². The van der Waals surface area contributed by atoms with Gasteiger partial charge in [-0.05, 0) is 31.5 Å². The van der Waals surface area contributed by atoms with Gasteiger partial charge in [0.15, 0.2) is 11.5 Å². The Hall–Kier alpha value is -3.62. The quantitative estimate of drug-likeness (QED) is 0.516. The molecule has 1 heterocycles. The number of nitrogens with one attached hydrogen (secondary N) is 1. The summed E-state index contributed by atoms with van der Waals surface area (Å²) < 4.78 is 25.5. The van der Waals surface area contributed by atoms with E-state index in [9.17, 15) is 14.3 Å². The summed E-state index contributed by atoms with van der Waals surface area (Å²) >= 11 is 0. The number of primary amides is 1. The maximum atomic E-state index is 14.3. The van der Waals surface area contributed by atoms with Crippen LogP contribution in [0.25, 0.3) is 10.9 Å². The molecule has 0 saturated carbocycles. The predicted octanol–water partition coefficient (Wildman–Crippen LogP) is 3.43. The van der Waals surface area contributed by atoms with Gasteiger partial charge in [-0.3, -0.25) is 4.79 Å². The van der Waals surface area contributed by atoms with Crippen molar-refractivity contribution in [1.82, 2.24) is 9.97 Å². The van der Waals surface area contributed by atoms with Crippen LogP contribution >= 0.6 is 0 Å². The summed E-state index contributed by atoms with van der Waals surface area (Å²) in [7, 11) is 1.50. The number of phenols is 1. The molecule has 1 aromatic heterocycles. The van der Waals surface area contributed by atoms with E-state index in [1.165, 1.54) is 25.6 Å². The molecule has 0 spiro atoms. The van der Waals surface area contributed by atoms with Crippen molar-refractivity contribution in [2.45, 2.75) is 20.3 Å². The average Bonchev–Trinajstić information content (AvgIpc) is 2.73. The molecule has 0 radical (unpaired) electrons. The first-order valence-corrected chi connectivity index (χ1v) is 9.31. The van der Waals surface area contributed by atoms with Gasteiger partial charge in [-0.1, -0.05) is 6.92 Å². The summed E-state index contributed by atoms with van der Waals surface area (Å²) in [5.41, 5.74) is 6.30. The second-order valence-electron chi connectivity index (χ2n) is 6.87. The summed E-state index contributed by atoms with van der Waals surface area (Å²) in [6.45, 7) is 3.61. The molecule has 1 amide bonds. The van der Waals surface area contributed by atoms with Crippen LogP contribution in [0.2, 0.25) is 0 Å². The fraction of sp³-hybridized carbons (Fsp3) is 0.286. The molecule has 3 aromatic rings. The number of hydrogen-bond acceptors (Lipinski definition) is 7. The molecule has 4 N–H and O–H groups in total. The monoisotopic (exact) mass is 414 g/mol. The molecule has 0 saturated heterocycles. The topological polar surface area (TPSA) is 120 Å². The molecule has 0 fully saturated rings. The molecule has 1 atom stereocenters. The Labute approximate surface area is 172 Å². The summed E-state index contributed by atoms with van der Waals surface area (Å²) in [5, 5.41) is 13.4. The molecular formula is C21H23FN4O4. The fourth-order valence-electron chi connectivity index (χ4n) is 2.86. The number of nitrogens with two attached hydrogens (primary N) is 1. The lowest BCUT2D eigenvalue weighted by atomic mass is 10.1. The highest BCUT2D eigenvalue weighted by molar-refractivity contribution is 5.93. The number of halogens is 1. The highest BCUT2D eigenvalue weighted by Crippen LogP contribution is 2.36. The first-order valence-electron chi connectivity index (χ1n) is 9.31. The Balaban J connectivity index is 1.94. The lowest BCUT2D eigenvalue weighted by Gasteiger charge is -2.15. The Morgan fingerprint density at radius 2 is 2.07 bits per heavy atom. The van der Waals surface area contributed by atoms with Crippen LogP contribution in [0.5, 0.6) is 17.2 Å². The van der Waals surface area contributed by atoms with Crippen molar-refractivity contribution < 1.29 is 23.8 Å². The molecule has 2 aromatic carbocycles. The second-order valence-corrected chi connectivity index (χ2v) is 6.87. The number of aromatic nitrogens is 2. The minimum Gasteiger partial charge on any atom is -0.508 e. The summed E-state index contributed by atoms with van der Waals surface area (Å²) in [4.78, 5) is 19.6. The second kappa shape index (κ2) is 8.81. The van der Waals surface area contributed by atoms with Gasteiger partial charge in [0.25, 0.3) is 0 Å². The van der Waals surface area contributed by atoms with Gasteiger partial charge in [0.1, 0.15) is 23.7 Å². The van der Waals surface area contributed by atoms with Crippen LogP contribution in [0, 0.1) is 18.7 Å². The van der Waals surface area contributed by atoms with Crippen molar-refractivity contribution in [2.75, 3.05) is 19.0 Å². The first kappa shape index (κ1) is 21.1. The summed E-state index contributed by atoms with van der Waals surface area (Å²) in [5.74, 6) is -0.0219. The van der Waals surface area contributed by atoms with E-state index in [1.54, 1.807) is 26.0 Å². The maximum Gasteiger partial charge on any atom is 0.220 e. The Morgan fingerprint density at radius 1 is 1.30 bits per heavy atom. The Morgan fingerprint density at radius 3 is 2.77 bits per heavy atom. The zero-order valence-electron chi connectivity index (χ0n) is 16.9. The van der Waals surface area contributed by atoms with Crippen LogP contribution in [-0.2, 0) is 4.79 Å². The van der Waals surface area contributed by atoms with Gasteiger partial charge in [0.05, 0.1) is 24.9 Å². The molecule has 158 valence electrons. The Kier molecular flexibility index (Phi) is 6.20. The molecule has 8 nitrogen and oxygen atoms in total. The van der Waals surface area contributed by atoms with Crippen LogP contribution < -0.4 is 20.5 Å². The maximum absolute atomic E-state index is 14.3. The van der Waals surface area contributed by atoms with Gasteiger partial charge in [-0.15, -0.1) is 0 Å². The van der Waals surface area contributed by atoms with Crippen molar-refractivity contribution in [3.63, 3.8) is 0 Å². The van der Waals surface area contributed by atoms with Crippen molar-refractivity contribution in [2.24, 2.45) is 11.7 Å². The number of carbonyl (C=O) groups is 1.